The third-order valence-electron chi connectivity index (χ3n) is 3.59. The Morgan fingerprint density at radius 3 is 2.76 bits per heavy atom. The predicted octanol–water partition coefficient (Wildman–Crippen LogP) is 4.27. The van der Waals surface area contributed by atoms with Gasteiger partial charge in [0, 0.05) is 5.75 Å². The molecule has 124 valence electrons. The van der Waals surface area contributed by atoms with Crippen molar-refractivity contribution in [2.24, 2.45) is 0 Å². The predicted molar refractivity (Wildman–Crippen MR) is 99.0 cm³/mol. The molecule has 7 heteroatoms. The van der Waals surface area contributed by atoms with Crippen LogP contribution in [0.3, 0.4) is 0 Å². The van der Waals surface area contributed by atoms with Gasteiger partial charge in [-0.1, -0.05) is 48.2 Å². The number of thiazole rings is 1. The van der Waals surface area contributed by atoms with Crippen LogP contribution in [0.15, 0.2) is 70.1 Å². The van der Waals surface area contributed by atoms with E-state index in [1.54, 1.807) is 23.9 Å². The van der Waals surface area contributed by atoms with Gasteiger partial charge < -0.3 is 0 Å². The van der Waals surface area contributed by atoms with E-state index in [1.807, 2.05) is 18.2 Å². The molecule has 4 aromatic rings. The van der Waals surface area contributed by atoms with Gasteiger partial charge in [-0.3, -0.25) is 9.36 Å². The first kappa shape index (κ1) is 16.0. The average Bonchev–Trinajstić information content (AvgIpc) is 3.05. The Kier molecular flexibility index (Phi) is 4.33. The molecule has 0 bridgehead atoms. The van der Waals surface area contributed by atoms with E-state index in [4.69, 9.17) is 0 Å². The number of hydrogen-bond donors (Lipinski definition) is 0. The maximum atomic E-state index is 13.4. The van der Waals surface area contributed by atoms with E-state index < -0.39 is 5.82 Å². The molecule has 0 aliphatic carbocycles. The first-order valence-electron chi connectivity index (χ1n) is 7.51. The number of thioether (sulfide) groups is 1. The van der Waals surface area contributed by atoms with Gasteiger partial charge in [-0.25, -0.2) is 14.4 Å². The summed E-state index contributed by atoms with van der Waals surface area (Å²) in [5.74, 6) is 0.381. The van der Waals surface area contributed by atoms with E-state index >= 15 is 0 Å². The van der Waals surface area contributed by atoms with E-state index in [9.17, 15) is 9.18 Å². The van der Waals surface area contributed by atoms with Crippen LogP contribution in [-0.2, 0) is 5.75 Å². The van der Waals surface area contributed by atoms with Gasteiger partial charge >= 0.3 is 0 Å². The SMILES string of the molecule is O=c1c2sc(SCc3ccccc3)nc2ncn1-c1cccc(F)c1. The third-order valence-corrected chi connectivity index (χ3v) is 5.84. The van der Waals surface area contributed by atoms with Gasteiger partial charge in [-0.05, 0) is 23.8 Å². The lowest BCUT2D eigenvalue weighted by Crippen LogP contribution is -2.17. The third kappa shape index (κ3) is 3.33. The Balaban J connectivity index is 1.67. The molecule has 4 nitrogen and oxygen atoms in total. The summed E-state index contributed by atoms with van der Waals surface area (Å²) >= 11 is 2.89. The molecular weight excluding hydrogens is 357 g/mol. The average molecular weight is 369 g/mol. The first-order valence-corrected chi connectivity index (χ1v) is 9.32. The minimum atomic E-state index is -0.395. The molecule has 0 atom stereocenters. The minimum Gasteiger partial charge on any atom is -0.267 e. The van der Waals surface area contributed by atoms with Crippen LogP contribution in [0.25, 0.3) is 16.0 Å². The second-order valence-electron chi connectivity index (χ2n) is 5.31. The lowest BCUT2D eigenvalue weighted by atomic mass is 10.2. The van der Waals surface area contributed by atoms with Crippen LogP contribution in [0, 0.1) is 5.82 Å². The maximum Gasteiger partial charge on any atom is 0.277 e. The standard InChI is InChI=1S/C18H12FN3OS2/c19-13-7-4-8-14(9-13)22-11-20-16-15(17(22)23)25-18(21-16)24-10-12-5-2-1-3-6-12/h1-9,11H,10H2. The highest BCUT2D eigenvalue weighted by molar-refractivity contribution is 8.00. The maximum absolute atomic E-state index is 13.4. The van der Waals surface area contributed by atoms with E-state index in [0.29, 0.717) is 16.0 Å². The summed E-state index contributed by atoms with van der Waals surface area (Å²) in [5.41, 5.74) is 1.83. The largest absolute Gasteiger partial charge is 0.277 e. The molecule has 0 saturated carbocycles. The molecule has 0 aliphatic rings. The van der Waals surface area contributed by atoms with Crippen molar-refractivity contribution in [1.29, 1.82) is 0 Å². The molecule has 0 unspecified atom stereocenters. The summed E-state index contributed by atoms with van der Waals surface area (Å²) in [6, 6.07) is 15.9. The summed E-state index contributed by atoms with van der Waals surface area (Å²) in [4.78, 5) is 21.4. The zero-order chi connectivity index (χ0) is 17.2. The fourth-order valence-corrected chi connectivity index (χ4v) is 4.36. The molecule has 0 spiro atoms. The molecule has 0 saturated heterocycles. The highest BCUT2D eigenvalue weighted by atomic mass is 32.2. The molecular formula is C18H12FN3OS2. The van der Waals surface area contributed by atoms with Gasteiger partial charge in [0.2, 0.25) is 0 Å². The van der Waals surface area contributed by atoms with Crippen LogP contribution in [0.4, 0.5) is 4.39 Å². The normalized spacial score (nSPS) is 11.1. The molecule has 0 amide bonds. The summed E-state index contributed by atoms with van der Waals surface area (Å²) in [6.45, 7) is 0. The molecule has 4 rings (SSSR count). The Morgan fingerprint density at radius 1 is 1.12 bits per heavy atom. The highest BCUT2D eigenvalue weighted by Crippen LogP contribution is 2.29. The van der Waals surface area contributed by atoms with Crippen molar-refractivity contribution in [3.05, 3.63) is 82.7 Å². The number of halogens is 1. The van der Waals surface area contributed by atoms with Crippen molar-refractivity contribution in [2.45, 2.75) is 10.1 Å². The zero-order valence-electron chi connectivity index (χ0n) is 12.9. The van der Waals surface area contributed by atoms with Gasteiger partial charge in [0.1, 0.15) is 16.8 Å². The Hall–Kier alpha value is -2.51. The van der Waals surface area contributed by atoms with Crippen LogP contribution < -0.4 is 5.56 Å². The summed E-state index contributed by atoms with van der Waals surface area (Å²) in [6.07, 6.45) is 1.39. The van der Waals surface area contributed by atoms with Gasteiger partial charge in [0.15, 0.2) is 9.99 Å². The highest BCUT2D eigenvalue weighted by Gasteiger charge is 2.12. The molecule has 2 heterocycles. The van der Waals surface area contributed by atoms with Gasteiger partial charge in [-0.15, -0.1) is 11.3 Å². The fraction of sp³-hybridized carbons (Fsp3) is 0.0556. The van der Waals surface area contributed by atoms with E-state index in [2.05, 4.69) is 22.1 Å². The van der Waals surface area contributed by atoms with E-state index in [-0.39, 0.29) is 5.56 Å². The summed E-state index contributed by atoms with van der Waals surface area (Å²) < 4.78 is 16.0. The van der Waals surface area contributed by atoms with Crippen LogP contribution in [0.2, 0.25) is 0 Å². The monoisotopic (exact) mass is 369 g/mol. The Morgan fingerprint density at radius 2 is 1.96 bits per heavy atom. The molecule has 25 heavy (non-hydrogen) atoms. The lowest BCUT2D eigenvalue weighted by molar-refractivity contribution is 0.626. The molecule has 0 N–H and O–H groups in total. The topological polar surface area (TPSA) is 47.8 Å². The van der Waals surface area contributed by atoms with Gasteiger partial charge in [0.25, 0.3) is 5.56 Å². The molecule has 0 fully saturated rings. The van der Waals surface area contributed by atoms with E-state index in [1.165, 1.54) is 39.9 Å². The van der Waals surface area contributed by atoms with Gasteiger partial charge in [-0.2, -0.15) is 0 Å². The second-order valence-corrected chi connectivity index (χ2v) is 7.53. The zero-order valence-corrected chi connectivity index (χ0v) is 14.6. The fourth-order valence-electron chi connectivity index (χ4n) is 2.39. The number of aromatic nitrogens is 3. The summed E-state index contributed by atoms with van der Waals surface area (Å²) in [7, 11) is 0. The van der Waals surface area contributed by atoms with Crippen molar-refractivity contribution >= 4 is 33.4 Å². The molecule has 2 aromatic carbocycles. The Labute approximate surface area is 151 Å². The van der Waals surface area contributed by atoms with Crippen LogP contribution >= 0.6 is 23.1 Å². The first-order chi connectivity index (χ1) is 12.2. The number of hydrogen-bond acceptors (Lipinski definition) is 5. The van der Waals surface area contributed by atoms with Crippen LogP contribution in [0.5, 0.6) is 0 Å². The van der Waals surface area contributed by atoms with Crippen molar-refractivity contribution in [3.8, 4) is 5.69 Å². The van der Waals surface area contributed by atoms with Crippen molar-refractivity contribution in [3.63, 3.8) is 0 Å². The van der Waals surface area contributed by atoms with E-state index in [0.717, 1.165) is 10.1 Å². The molecule has 0 aliphatic heterocycles. The lowest BCUT2D eigenvalue weighted by Gasteiger charge is -2.04. The smallest absolute Gasteiger partial charge is 0.267 e. The Bertz CT molecular complexity index is 1090. The van der Waals surface area contributed by atoms with Crippen molar-refractivity contribution in [2.75, 3.05) is 0 Å². The van der Waals surface area contributed by atoms with Crippen molar-refractivity contribution in [1.82, 2.24) is 14.5 Å². The number of nitrogens with zero attached hydrogens (tertiary/aromatic N) is 3. The number of fused-ring (bicyclic) bond motifs is 1. The molecule has 0 radical (unpaired) electrons. The summed E-state index contributed by atoms with van der Waals surface area (Å²) in [5, 5.41) is 0. The van der Waals surface area contributed by atoms with Crippen LogP contribution in [-0.4, -0.2) is 14.5 Å². The molecule has 2 aromatic heterocycles. The number of rotatable bonds is 4. The van der Waals surface area contributed by atoms with Crippen molar-refractivity contribution < 1.29 is 4.39 Å². The van der Waals surface area contributed by atoms with Gasteiger partial charge in [0.05, 0.1) is 5.69 Å². The van der Waals surface area contributed by atoms with Crippen LogP contribution in [0.1, 0.15) is 5.56 Å². The second kappa shape index (κ2) is 6.78. The number of benzene rings is 2. The quantitative estimate of drug-likeness (QED) is 0.504. The minimum absolute atomic E-state index is 0.236.